The molecule has 2 aromatic heterocycles. The molecule has 1 aromatic carbocycles. The highest BCUT2D eigenvalue weighted by Crippen LogP contribution is 2.26. The van der Waals surface area contributed by atoms with E-state index in [1.54, 1.807) is 36.7 Å². The summed E-state index contributed by atoms with van der Waals surface area (Å²) in [6, 6.07) is 6.51. The van der Waals surface area contributed by atoms with E-state index in [0.717, 1.165) is 24.2 Å². The molecular formula is C22H26N6O4. The first-order chi connectivity index (χ1) is 15.4. The number of aromatic nitrogens is 4. The zero-order valence-corrected chi connectivity index (χ0v) is 18.3. The molecule has 10 heteroatoms. The zero-order chi connectivity index (χ0) is 22.8. The van der Waals surface area contributed by atoms with Crippen LogP contribution in [0.5, 0.6) is 0 Å². The Morgan fingerprint density at radius 3 is 2.62 bits per heavy atom. The van der Waals surface area contributed by atoms with E-state index in [9.17, 15) is 14.4 Å². The van der Waals surface area contributed by atoms with Crippen molar-refractivity contribution >= 4 is 29.0 Å². The van der Waals surface area contributed by atoms with E-state index in [0.29, 0.717) is 29.0 Å². The van der Waals surface area contributed by atoms with Crippen LogP contribution in [0, 0.1) is 11.8 Å². The van der Waals surface area contributed by atoms with Gasteiger partial charge in [-0.1, -0.05) is 26.0 Å². The second-order valence-corrected chi connectivity index (χ2v) is 8.32. The van der Waals surface area contributed by atoms with Crippen molar-refractivity contribution in [2.75, 3.05) is 30.4 Å². The number of amides is 1. The Bertz CT molecular complexity index is 1210. The lowest BCUT2D eigenvalue weighted by molar-refractivity contribution is -0.117. The van der Waals surface area contributed by atoms with E-state index in [1.165, 1.54) is 11.5 Å². The van der Waals surface area contributed by atoms with Crippen molar-refractivity contribution in [3.63, 3.8) is 0 Å². The maximum atomic E-state index is 12.9. The lowest BCUT2D eigenvalue weighted by Gasteiger charge is -2.35. The first kappa shape index (κ1) is 21.5. The second-order valence-electron chi connectivity index (χ2n) is 8.32. The zero-order valence-electron chi connectivity index (χ0n) is 18.3. The summed E-state index contributed by atoms with van der Waals surface area (Å²) in [7, 11) is 1.27. The predicted octanol–water partition coefficient (Wildman–Crippen LogP) is 1.80. The highest BCUT2D eigenvalue weighted by molar-refractivity contribution is 6.01. The number of benzene rings is 1. The lowest BCUT2D eigenvalue weighted by Crippen LogP contribution is -2.39. The van der Waals surface area contributed by atoms with Gasteiger partial charge in [-0.15, -0.1) is 5.10 Å². The molecule has 1 fully saturated rings. The average Bonchev–Trinajstić information content (AvgIpc) is 3.08. The summed E-state index contributed by atoms with van der Waals surface area (Å²) in [4.78, 5) is 44.1. The van der Waals surface area contributed by atoms with Crippen molar-refractivity contribution in [3.05, 3.63) is 52.7 Å². The number of nitrogens with one attached hydrogen (secondary N) is 1. The largest absolute Gasteiger partial charge is 0.465 e. The molecule has 10 nitrogen and oxygen atoms in total. The number of para-hydroxylation sites is 1. The molecule has 1 saturated heterocycles. The summed E-state index contributed by atoms with van der Waals surface area (Å²) in [5.41, 5.74) is 0.519. The Labute approximate surface area is 184 Å². The third-order valence-corrected chi connectivity index (χ3v) is 5.55. The first-order valence-corrected chi connectivity index (χ1v) is 10.5. The molecule has 1 amide bonds. The molecule has 1 aliphatic heterocycles. The van der Waals surface area contributed by atoms with E-state index in [-0.39, 0.29) is 12.1 Å². The van der Waals surface area contributed by atoms with Gasteiger partial charge >= 0.3 is 11.7 Å². The van der Waals surface area contributed by atoms with Crippen LogP contribution in [0.4, 0.5) is 11.5 Å². The monoisotopic (exact) mass is 438 g/mol. The highest BCUT2D eigenvalue weighted by Gasteiger charge is 2.26. The standard InChI is InChI=1S/C22H26N6O4/c1-14-10-15(2)12-26(11-14)19-20-25-28(22(31)27(20)9-8-23-19)13-18(29)24-17-7-5-4-6-16(17)21(30)32-3/h4-9,14-15H,10-13H2,1-3H3,(H,24,29). The van der Waals surface area contributed by atoms with Crippen LogP contribution in [-0.4, -0.2) is 51.2 Å². The molecular weight excluding hydrogens is 412 g/mol. The smallest absolute Gasteiger partial charge is 0.350 e. The molecule has 168 valence electrons. The molecule has 3 aromatic rings. The Kier molecular flexibility index (Phi) is 5.93. The number of ether oxygens (including phenoxy) is 1. The van der Waals surface area contributed by atoms with Crippen LogP contribution < -0.4 is 15.9 Å². The third kappa shape index (κ3) is 4.20. The topological polar surface area (TPSA) is 111 Å². The van der Waals surface area contributed by atoms with E-state index < -0.39 is 17.6 Å². The van der Waals surface area contributed by atoms with Crippen LogP contribution >= 0.6 is 0 Å². The van der Waals surface area contributed by atoms with Crippen molar-refractivity contribution in [2.24, 2.45) is 11.8 Å². The maximum Gasteiger partial charge on any atom is 0.350 e. The third-order valence-electron chi connectivity index (χ3n) is 5.55. The molecule has 32 heavy (non-hydrogen) atoms. The lowest BCUT2D eigenvalue weighted by atomic mass is 9.92. The molecule has 0 saturated carbocycles. The number of carbonyl (C=O) groups excluding carboxylic acids is 2. The fraction of sp³-hybridized carbons (Fsp3) is 0.409. The molecule has 3 heterocycles. The first-order valence-electron chi connectivity index (χ1n) is 10.5. The minimum absolute atomic E-state index is 0.227. The summed E-state index contributed by atoms with van der Waals surface area (Å²) in [6.07, 6.45) is 4.27. The van der Waals surface area contributed by atoms with Crippen molar-refractivity contribution < 1.29 is 14.3 Å². The summed E-state index contributed by atoms with van der Waals surface area (Å²) in [6.45, 7) is 5.77. The molecule has 1 N–H and O–H groups in total. The van der Waals surface area contributed by atoms with Gasteiger partial charge in [0.25, 0.3) is 0 Å². The summed E-state index contributed by atoms with van der Waals surface area (Å²) in [5.74, 6) is 0.608. The normalized spacial score (nSPS) is 18.5. The SMILES string of the molecule is COC(=O)c1ccccc1NC(=O)Cn1nc2c(N3CC(C)CC(C)C3)nccn2c1=O. The predicted molar refractivity (Wildman–Crippen MR) is 119 cm³/mol. The number of carbonyl (C=O) groups is 2. The molecule has 0 aliphatic carbocycles. The average molecular weight is 438 g/mol. The van der Waals surface area contributed by atoms with Crippen LogP contribution in [0.15, 0.2) is 41.5 Å². The maximum absolute atomic E-state index is 12.9. The van der Waals surface area contributed by atoms with Gasteiger partial charge in [0.15, 0.2) is 5.82 Å². The Balaban J connectivity index is 1.60. The minimum atomic E-state index is -0.563. The van der Waals surface area contributed by atoms with Gasteiger partial charge in [-0.05, 0) is 30.4 Å². The minimum Gasteiger partial charge on any atom is -0.465 e. The van der Waals surface area contributed by atoms with Crippen LogP contribution in [0.25, 0.3) is 5.65 Å². The Morgan fingerprint density at radius 2 is 1.91 bits per heavy atom. The molecule has 2 unspecified atom stereocenters. The molecule has 1 aliphatic rings. The van der Waals surface area contributed by atoms with Gasteiger partial charge in [0.2, 0.25) is 11.6 Å². The number of anilines is 2. The number of hydrogen-bond donors (Lipinski definition) is 1. The van der Waals surface area contributed by atoms with Gasteiger partial charge in [0.05, 0.1) is 18.4 Å². The van der Waals surface area contributed by atoms with Crippen molar-refractivity contribution in [1.29, 1.82) is 0 Å². The highest BCUT2D eigenvalue weighted by atomic mass is 16.5. The number of hydrogen-bond acceptors (Lipinski definition) is 7. The number of nitrogens with zero attached hydrogens (tertiary/aromatic N) is 5. The van der Waals surface area contributed by atoms with Crippen LogP contribution in [0.3, 0.4) is 0 Å². The second kappa shape index (κ2) is 8.81. The molecule has 4 rings (SSSR count). The fourth-order valence-electron chi connectivity index (χ4n) is 4.30. The van der Waals surface area contributed by atoms with E-state index >= 15 is 0 Å². The number of piperidine rings is 1. The van der Waals surface area contributed by atoms with Gasteiger partial charge in [-0.3, -0.25) is 4.79 Å². The molecule has 0 bridgehead atoms. The van der Waals surface area contributed by atoms with Gasteiger partial charge < -0.3 is 15.0 Å². The number of esters is 1. The van der Waals surface area contributed by atoms with E-state index in [2.05, 4.69) is 34.1 Å². The van der Waals surface area contributed by atoms with Crippen LogP contribution in [0.1, 0.15) is 30.6 Å². The quantitative estimate of drug-likeness (QED) is 0.605. The van der Waals surface area contributed by atoms with Crippen molar-refractivity contribution in [1.82, 2.24) is 19.2 Å². The van der Waals surface area contributed by atoms with Crippen LogP contribution in [-0.2, 0) is 16.1 Å². The van der Waals surface area contributed by atoms with Gasteiger partial charge in [0, 0.05) is 25.5 Å². The number of rotatable bonds is 5. The van der Waals surface area contributed by atoms with E-state index in [1.807, 2.05) is 0 Å². The molecule has 2 atom stereocenters. The fourth-order valence-corrected chi connectivity index (χ4v) is 4.30. The van der Waals surface area contributed by atoms with Gasteiger partial charge in [-0.25, -0.2) is 23.7 Å². The van der Waals surface area contributed by atoms with Crippen LogP contribution in [0.2, 0.25) is 0 Å². The number of fused-ring (bicyclic) bond motifs is 1. The molecule has 0 spiro atoms. The van der Waals surface area contributed by atoms with Crippen molar-refractivity contribution in [3.8, 4) is 0 Å². The Hall–Kier alpha value is -3.69. The summed E-state index contributed by atoms with van der Waals surface area (Å²) in [5, 5.41) is 7.06. The summed E-state index contributed by atoms with van der Waals surface area (Å²) >= 11 is 0. The van der Waals surface area contributed by atoms with Gasteiger partial charge in [-0.2, -0.15) is 0 Å². The van der Waals surface area contributed by atoms with Gasteiger partial charge in [0.1, 0.15) is 6.54 Å². The Morgan fingerprint density at radius 1 is 1.19 bits per heavy atom. The van der Waals surface area contributed by atoms with E-state index in [4.69, 9.17) is 4.74 Å². The molecule has 0 radical (unpaired) electrons. The number of methoxy groups -OCH3 is 1. The summed E-state index contributed by atoms with van der Waals surface area (Å²) < 4.78 is 7.26. The van der Waals surface area contributed by atoms with Crippen molar-refractivity contribution in [2.45, 2.75) is 26.8 Å².